The van der Waals surface area contributed by atoms with Crippen LogP contribution in [-0.4, -0.2) is 38.9 Å². The molecular weight excluding hydrogens is 366 g/mol. The highest BCUT2D eigenvalue weighted by Crippen LogP contribution is 2.34. The molecule has 7 nitrogen and oxygen atoms in total. The van der Waals surface area contributed by atoms with Crippen LogP contribution in [-0.2, 0) is 0 Å². The van der Waals surface area contributed by atoms with Crippen molar-refractivity contribution in [2.24, 2.45) is 0 Å². The van der Waals surface area contributed by atoms with Crippen LogP contribution in [0.2, 0.25) is 0 Å². The third-order valence-corrected chi connectivity index (χ3v) is 5.99. The minimum absolute atomic E-state index is 0.173. The number of nitro benzene ring substituents is 1. The van der Waals surface area contributed by atoms with Gasteiger partial charge in [0.05, 0.1) is 20.1 Å². The molecule has 27 heavy (non-hydrogen) atoms. The predicted octanol–water partition coefficient (Wildman–Crippen LogP) is 3.93. The molecule has 8 heteroatoms. The van der Waals surface area contributed by atoms with Crippen molar-refractivity contribution < 1.29 is 14.8 Å². The summed E-state index contributed by atoms with van der Waals surface area (Å²) in [6, 6.07) is 11.7. The maximum Gasteiger partial charge on any atom is 0.310 e. The minimum atomic E-state index is -0.673. The number of aromatic nitrogens is 1. The SMILES string of the molecule is O=C(c1ccc([N+](=O)[O-])c(O)c1)N1CCCC(c2nc3ccccc3s2)C1. The van der Waals surface area contributed by atoms with Crippen LogP contribution < -0.4 is 0 Å². The summed E-state index contributed by atoms with van der Waals surface area (Å²) in [5.41, 5.74) is 0.821. The van der Waals surface area contributed by atoms with Crippen molar-refractivity contribution in [1.82, 2.24) is 9.88 Å². The van der Waals surface area contributed by atoms with E-state index in [1.54, 1.807) is 16.2 Å². The van der Waals surface area contributed by atoms with Gasteiger partial charge in [-0.1, -0.05) is 12.1 Å². The van der Waals surface area contributed by atoms with Crippen LogP contribution in [0.15, 0.2) is 42.5 Å². The molecule has 0 saturated carbocycles. The number of para-hydroxylation sites is 1. The summed E-state index contributed by atoms with van der Waals surface area (Å²) in [6.45, 7) is 1.17. The van der Waals surface area contributed by atoms with Gasteiger partial charge in [0, 0.05) is 30.6 Å². The van der Waals surface area contributed by atoms with Crippen LogP contribution in [0.3, 0.4) is 0 Å². The quantitative estimate of drug-likeness (QED) is 0.546. The van der Waals surface area contributed by atoms with Crippen LogP contribution in [0.25, 0.3) is 10.2 Å². The number of carbonyl (C=O) groups is 1. The van der Waals surface area contributed by atoms with Crippen LogP contribution in [0.4, 0.5) is 5.69 Å². The number of thiazole rings is 1. The van der Waals surface area contributed by atoms with E-state index in [1.165, 1.54) is 12.1 Å². The van der Waals surface area contributed by atoms with Gasteiger partial charge in [0.1, 0.15) is 0 Å². The summed E-state index contributed by atoms with van der Waals surface area (Å²) in [7, 11) is 0. The maximum atomic E-state index is 12.8. The number of fused-ring (bicyclic) bond motifs is 1. The number of carbonyl (C=O) groups excluding carboxylic acids is 1. The molecule has 1 aromatic heterocycles. The number of hydrogen-bond acceptors (Lipinski definition) is 6. The number of rotatable bonds is 3. The van der Waals surface area contributed by atoms with Crippen molar-refractivity contribution in [2.75, 3.05) is 13.1 Å². The number of benzene rings is 2. The van der Waals surface area contributed by atoms with Crippen molar-refractivity contribution in [1.29, 1.82) is 0 Å². The third kappa shape index (κ3) is 3.35. The first-order valence-corrected chi connectivity index (χ1v) is 9.47. The van der Waals surface area contributed by atoms with Gasteiger partial charge in [-0.3, -0.25) is 14.9 Å². The maximum absolute atomic E-state index is 12.8. The fraction of sp³-hybridized carbons (Fsp3) is 0.263. The summed E-state index contributed by atoms with van der Waals surface area (Å²) in [4.78, 5) is 29.4. The number of piperidine rings is 1. The minimum Gasteiger partial charge on any atom is -0.502 e. The highest BCUT2D eigenvalue weighted by Gasteiger charge is 2.28. The zero-order chi connectivity index (χ0) is 19.0. The number of phenolic OH excluding ortho intramolecular Hbond substituents is 1. The average Bonchev–Trinajstić information content (AvgIpc) is 3.11. The Morgan fingerprint density at radius 1 is 1.30 bits per heavy atom. The molecule has 2 heterocycles. The molecule has 1 aliphatic rings. The molecule has 1 N–H and O–H groups in total. The van der Waals surface area contributed by atoms with Gasteiger partial charge in [-0.2, -0.15) is 0 Å². The van der Waals surface area contributed by atoms with Gasteiger partial charge in [-0.15, -0.1) is 11.3 Å². The van der Waals surface area contributed by atoms with Crippen molar-refractivity contribution in [2.45, 2.75) is 18.8 Å². The average molecular weight is 383 g/mol. The second-order valence-electron chi connectivity index (χ2n) is 6.57. The van der Waals surface area contributed by atoms with E-state index in [1.807, 2.05) is 24.3 Å². The molecule has 1 saturated heterocycles. The second-order valence-corrected chi connectivity index (χ2v) is 7.63. The van der Waals surface area contributed by atoms with Crippen LogP contribution >= 0.6 is 11.3 Å². The molecule has 138 valence electrons. The van der Waals surface area contributed by atoms with E-state index in [4.69, 9.17) is 4.98 Å². The monoisotopic (exact) mass is 383 g/mol. The smallest absolute Gasteiger partial charge is 0.310 e. The van der Waals surface area contributed by atoms with Crippen LogP contribution in [0, 0.1) is 10.1 Å². The van der Waals surface area contributed by atoms with E-state index in [0.29, 0.717) is 13.1 Å². The van der Waals surface area contributed by atoms with Crippen molar-refractivity contribution in [3.8, 4) is 5.75 Å². The fourth-order valence-corrected chi connectivity index (χ4v) is 4.51. The predicted molar refractivity (Wildman–Crippen MR) is 102 cm³/mol. The summed E-state index contributed by atoms with van der Waals surface area (Å²) in [5, 5.41) is 21.6. The summed E-state index contributed by atoms with van der Waals surface area (Å²) < 4.78 is 1.14. The normalized spacial score (nSPS) is 17.2. The molecular formula is C19H17N3O4S. The zero-order valence-electron chi connectivity index (χ0n) is 14.4. The number of hydrogen-bond donors (Lipinski definition) is 1. The fourth-order valence-electron chi connectivity index (χ4n) is 3.42. The van der Waals surface area contributed by atoms with Gasteiger partial charge >= 0.3 is 5.69 Å². The first-order valence-electron chi connectivity index (χ1n) is 8.65. The highest BCUT2D eigenvalue weighted by molar-refractivity contribution is 7.18. The molecule has 1 amide bonds. The van der Waals surface area contributed by atoms with Gasteiger partial charge in [0.15, 0.2) is 5.75 Å². The first-order chi connectivity index (χ1) is 13.0. The zero-order valence-corrected chi connectivity index (χ0v) is 15.2. The Morgan fingerprint density at radius 2 is 2.11 bits per heavy atom. The largest absolute Gasteiger partial charge is 0.502 e. The van der Waals surface area contributed by atoms with Gasteiger partial charge in [-0.05, 0) is 37.1 Å². The van der Waals surface area contributed by atoms with E-state index in [2.05, 4.69) is 0 Å². The van der Waals surface area contributed by atoms with E-state index >= 15 is 0 Å². The summed E-state index contributed by atoms with van der Waals surface area (Å²) in [5.74, 6) is -0.552. The number of nitro groups is 1. The Kier molecular flexibility index (Phi) is 4.49. The molecule has 0 bridgehead atoms. The molecule has 0 radical (unpaired) electrons. The number of phenols is 1. The Hall–Kier alpha value is -3.00. The van der Waals surface area contributed by atoms with Crippen LogP contribution in [0.5, 0.6) is 5.75 Å². The van der Waals surface area contributed by atoms with E-state index in [0.717, 1.165) is 34.1 Å². The summed E-state index contributed by atoms with van der Waals surface area (Å²) >= 11 is 1.66. The van der Waals surface area contributed by atoms with Crippen LogP contribution in [0.1, 0.15) is 34.1 Å². The standard InChI is InChI=1S/C19H17N3O4S/c23-16-10-12(7-8-15(16)22(25)26)19(24)21-9-3-4-13(11-21)18-20-14-5-1-2-6-17(14)27-18/h1-2,5-8,10,13,23H,3-4,9,11H2. The molecule has 0 aliphatic carbocycles. The lowest BCUT2D eigenvalue weighted by Crippen LogP contribution is -2.39. The Morgan fingerprint density at radius 3 is 2.85 bits per heavy atom. The molecule has 2 aromatic carbocycles. The van der Waals surface area contributed by atoms with E-state index in [9.17, 15) is 20.0 Å². The number of likely N-dealkylation sites (tertiary alicyclic amines) is 1. The molecule has 1 atom stereocenters. The summed E-state index contributed by atoms with van der Waals surface area (Å²) in [6.07, 6.45) is 1.83. The lowest BCUT2D eigenvalue weighted by atomic mass is 9.98. The highest BCUT2D eigenvalue weighted by atomic mass is 32.1. The molecule has 0 spiro atoms. The van der Waals surface area contributed by atoms with Gasteiger partial charge < -0.3 is 10.0 Å². The third-order valence-electron chi connectivity index (χ3n) is 4.79. The number of aromatic hydroxyl groups is 1. The van der Waals surface area contributed by atoms with Crippen molar-refractivity contribution >= 4 is 33.1 Å². The van der Waals surface area contributed by atoms with E-state index in [-0.39, 0.29) is 17.4 Å². The number of amides is 1. The molecule has 1 fully saturated rings. The lowest BCUT2D eigenvalue weighted by molar-refractivity contribution is -0.385. The molecule has 4 rings (SSSR count). The lowest BCUT2D eigenvalue weighted by Gasteiger charge is -2.32. The van der Waals surface area contributed by atoms with Gasteiger partial charge in [-0.25, -0.2) is 4.98 Å². The van der Waals surface area contributed by atoms with Crippen molar-refractivity contribution in [3.63, 3.8) is 0 Å². The topological polar surface area (TPSA) is 96.6 Å². The molecule has 1 unspecified atom stereocenters. The first kappa shape index (κ1) is 17.4. The number of nitrogens with zero attached hydrogens (tertiary/aromatic N) is 3. The van der Waals surface area contributed by atoms with Gasteiger partial charge in [0.25, 0.3) is 5.91 Å². The van der Waals surface area contributed by atoms with Crippen molar-refractivity contribution in [3.05, 3.63) is 63.1 Å². The second kappa shape index (κ2) is 6.96. The Bertz CT molecular complexity index is 1000. The molecule has 3 aromatic rings. The van der Waals surface area contributed by atoms with Gasteiger partial charge in [0.2, 0.25) is 0 Å². The van der Waals surface area contributed by atoms with E-state index < -0.39 is 16.4 Å². The Balaban J connectivity index is 1.54. The Labute approximate surface area is 159 Å². The molecule has 1 aliphatic heterocycles.